The van der Waals surface area contributed by atoms with Crippen LogP contribution in [0.1, 0.15) is 34.0 Å². The van der Waals surface area contributed by atoms with Gasteiger partial charge >= 0.3 is 0 Å². The number of aryl methyl sites for hydroxylation is 1. The molecular formula is C34H35FN6O2. The van der Waals surface area contributed by atoms with Gasteiger partial charge in [-0.25, -0.2) is 9.37 Å². The number of benzene rings is 3. The first-order valence-corrected chi connectivity index (χ1v) is 14.0. The fraction of sp³-hybridized carbons (Fsp3) is 0.206. The van der Waals surface area contributed by atoms with Crippen LogP contribution in [0.4, 0.5) is 10.2 Å². The van der Waals surface area contributed by atoms with Crippen LogP contribution < -0.4 is 21.5 Å². The van der Waals surface area contributed by atoms with Gasteiger partial charge in [0, 0.05) is 47.2 Å². The van der Waals surface area contributed by atoms with Crippen LogP contribution in [0.15, 0.2) is 90.1 Å². The topological polar surface area (TPSA) is 93.0 Å². The highest BCUT2D eigenvalue weighted by molar-refractivity contribution is 5.97. The van der Waals surface area contributed by atoms with Crippen molar-refractivity contribution in [3.63, 3.8) is 0 Å². The molecule has 1 amide bonds. The van der Waals surface area contributed by atoms with E-state index in [0.717, 1.165) is 38.8 Å². The number of likely N-dealkylation sites (N-methyl/N-ethyl adjacent to an activating group) is 1. The van der Waals surface area contributed by atoms with Crippen molar-refractivity contribution in [3.8, 4) is 16.9 Å². The Morgan fingerprint density at radius 1 is 1.07 bits per heavy atom. The molecule has 5 aromatic rings. The molecule has 5 rings (SSSR count). The summed E-state index contributed by atoms with van der Waals surface area (Å²) in [7, 11) is 3.40. The predicted octanol–water partition coefficient (Wildman–Crippen LogP) is 5.55. The number of hydrogen-bond acceptors (Lipinski definition) is 5. The number of halogens is 1. The lowest BCUT2D eigenvalue weighted by atomic mass is 9.99. The minimum absolute atomic E-state index is 0.0918. The number of rotatable bonds is 9. The molecule has 0 spiro atoms. The Hall–Kier alpha value is -5.02. The zero-order valence-corrected chi connectivity index (χ0v) is 25.0. The van der Waals surface area contributed by atoms with Crippen molar-refractivity contribution in [1.82, 2.24) is 24.8 Å². The van der Waals surface area contributed by atoms with Crippen LogP contribution >= 0.6 is 0 Å². The van der Waals surface area contributed by atoms with Gasteiger partial charge in [0.05, 0.1) is 24.0 Å². The Labute approximate surface area is 249 Å². The molecule has 2 aromatic heterocycles. The van der Waals surface area contributed by atoms with E-state index in [1.54, 1.807) is 42.1 Å². The smallest absolute Gasteiger partial charge is 0.294 e. The molecule has 0 aliphatic rings. The number of nitrogens with zero attached hydrogens (tertiary/aromatic N) is 3. The molecule has 0 saturated carbocycles. The Bertz CT molecular complexity index is 1920. The van der Waals surface area contributed by atoms with E-state index in [1.807, 2.05) is 68.9 Å². The molecule has 43 heavy (non-hydrogen) atoms. The van der Waals surface area contributed by atoms with E-state index in [4.69, 9.17) is 0 Å². The number of hydrogen-bond donors (Lipinski definition) is 3. The normalized spacial score (nSPS) is 11.9. The van der Waals surface area contributed by atoms with E-state index >= 15 is 0 Å². The van der Waals surface area contributed by atoms with Crippen LogP contribution in [-0.2, 0) is 6.54 Å². The highest BCUT2D eigenvalue weighted by atomic mass is 19.1. The van der Waals surface area contributed by atoms with Gasteiger partial charge in [0.15, 0.2) is 5.82 Å². The first-order chi connectivity index (χ1) is 20.6. The predicted molar refractivity (Wildman–Crippen MR) is 170 cm³/mol. The van der Waals surface area contributed by atoms with Gasteiger partial charge in [-0.3, -0.25) is 14.2 Å². The third kappa shape index (κ3) is 5.72. The number of nitrogens with one attached hydrogen (secondary N) is 3. The molecule has 8 nitrogen and oxygen atoms in total. The molecule has 3 aromatic carbocycles. The summed E-state index contributed by atoms with van der Waals surface area (Å²) in [5, 5.41) is 9.71. The molecule has 0 radical (unpaired) electrons. The lowest BCUT2D eigenvalue weighted by molar-refractivity contribution is 0.0962. The van der Waals surface area contributed by atoms with Crippen LogP contribution in [0.2, 0.25) is 0 Å². The summed E-state index contributed by atoms with van der Waals surface area (Å²) in [5.74, 6) is -0.335. The fourth-order valence-electron chi connectivity index (χ4n) is 5.24. The maximum atomic E-state index is 14.0. The maximum absolute atomic E-state index is 14.0. The highest BCUT2D eigenvalue weighted by Gasteiger charge is 2.19. The van der Waals surface area contributed by atoms with E-state index in [9.17, 15) is 14.0 Å². The van der Waals surface area contributed by atoms with Gasteiger partial charge in [-0.2, -0.15) is 0 Å². The lowest BCUT2D eigenvalue weighted by Gasteiger charge is -2.20. The quantitative estimate of drug-likeness (QED) is 0.213. The number of amides is 1. The summed E-state index contributed by atoms with van der Waals surface area (Å²) in [6.45, 7) is 10.0. The van der Waals surface area contributed by atoms with Crippen molar-refractivity contribution in [2.24, 2.45) is 0 Å². The number of carbonyl (C=O) groups is 1. The number of fused-ring (bicyclic) bond motifs is 1. The summed E-state index contributed by atoms with van der Waals surface area (Å²) >= 11 is 0. The maximum Gasteiger partial charge on any atom is 0.294 e. The van der Waals surface area contributed by atoms with Crippen molar-refractivity contribution >= 4 is 22.6 Å². The number of anilines is 1. The zero-order valence-electron chi connectivity index (χ0n) is 25.0. The van der Waals surface area contributed by atoms with E-state index in [1.165, 1.54) is 6.07 Å². The Morgan fingerprint density at radius 2 is 1.84 bits per heavy atom. The summed E-state index contributed by atoms with van der Waals surface area (Å²) in [4.78, 5) is 31.1. The third-order valence-electron chi connectivity index (χ3n) is 7.87. The van der Waals surface area contributed by atoms with Crippen molar-refractivity contribution in [2.45, 2.75) is 33.4 Å². The molecule has 1 atom stereocenters. The average Bonchev–Trinajstić information content (AvgIpc) is 3.34. The molecule has 9 heteroatoms. The van der Waals surface area contributed by atoms with E-state index < -0.39 is 0 Å². The van der Waals surface area contributed by atoms with Crippen molar-refractivity contribution in [2.75, 3.05) is 19.4 Å². The van der Waals surface area contributed by atoms with Crippen molar-refractivity contribution < 1.29 is 9.18 Å². The minimum Gasteiger partial charge on any atom is -0.355 e. The first kappa shape index (κ1) is 29.5. The van der Waals surface area contributed by atoms with Gasteiger partial charge in [-0.15, -0.1) is 0 Å². The second-order valence-electron chi connectivity index (χ2n) is 10.6. The van der Waals surface area contributed by atoms with E-state index in [2.05, 4.69) is 27.5 Å². The molecule has 0 saturated heterocycles. The number of carbonyl (C=O) groups excluding carboxylic acids is 1. The van der Waals surface area contributed by atoms with Crippen molar-refractivity contribution in [1.29, 1.82) is 0 Å². The van der Waals surface area contributed by atoms with Crippen LogP contribution in [0.3, 0.4) is 0 Å². The summed E-state index contributed by atoms with van der Waals surface area (Å²) in [6, 6.07) is 18.0. The molecular weight excluding hydrogens is 543 g/mol. The summed E-state index contributed by atoms with van der Waals surface area (Å²) in [6.07, 6.45) is 3.63. The monoisotopic (exact) mass is 578 g/mol. The average molecular weight is 579 g/mol. The first-order valence-electron chi connectivity index (χ1n) is 14.0. The minimum atomic E-state index is -0.324. The van der Waals surface area contributed by atoms with Gasteiger partial charge in [0.1, 0.15) is 5.82 Å². The SMILES string of the molecule is C=C(Nc1ncc(-c2cccc(C(=O)NC)c2C)n(Cc2cccc(-n3cc(C)c4cc(F)ccc43)c2)c1=O)[C@H](C)NC. The van der Waals surface area contributed by atoms with Crippen LogP contribution in [0.25, 0.3) is 27.8 Å². The molecule has 2 heterocycles. The standard InChI is InChI=1S/C34H35FN6O2/c1-20-18-40(30-14-13-25(35)16-29(20)30)26-10-7-9-24(15-26)19-41-31(27-11-8-12-28(21(27)2)33(42)37-6)17-38-32(34(41)43)39-23(4)22(3)36-5/h7-18,22,36H,4,19H2,1-3,5-6H3,(H,37,42)(H,38,39)/t22-/m0/s1. The third-order valence-corrected chi connectivity index (χ3v) is 7.87. The highest BCUT2D eigenvalue weighted by Crippen LogP contribution is 2.28. The molecule has 0 fully saturated rings. The van der Waals surface area contributed by atoms with Gasteiger partial charge in [-0.1, -0.05) is 30.8 Å². The second kappa shape index (κ2) is 12.1. The molecule has 0 unspecified atom stereocenters. The van der Waals surface area contributed by atoms with E-state index in [0.29, 0.717) is 17.0 Å². The van der Waals surface area contributed by atoms with Crippen LogP contribution in [0.5, 0.6) is 0 Å². The molecule has 0 bridgehead atoms. The molecule has 0 aliphatic carbocycles. The Kier molecular flexibility index (Phi) is 8.27. The molecule has 3 N–H and O–H groups in total. The number of aromatic nitrogens is 3. The summed E-state index contributed by atoms with van der Waals surface area (Å²) in [5.41, 5.74) is 6.47. The largest absolute Gasteiger partial charge is 0.355 e. The molecule has 220 valence electrons. The van der Waals surface area contributed by atoms with Crippen LogP contribution in [-0.4, -0.2) is 40.2 Å². The van der Waals surface area contributed by atoms with E-state index in [-0.39, 0.29) is 35.7 Å². The molecule has 0 aliphatic heterocycles. The van der Waals surface area contributed by atoms with Gasteiger partial charge in [0.25, 0.3) is 11.5 Å². The lowest BCUT2D eigenvalue weighted by Crippen LogP contribution is -2.31. The van der Waals surface area contributed by atoms with Gasteiger partial charge in [-0.05, 0) is 80.9 Å². The van der Waals surface area contributed by atoms with Gasteiger partial charge < -0.3 is 20.5 Å². The van der Waals surface area contributed by atoms with Gasteiger partial charge in [0.2, 0.25) is 0 Å². The fourth-order valence-corrected chi connectivity index (χ4v) is 5.24. The summed E-state index contributed by atoms with van der Waals surface area (Å²) < 4.78 is 17.6. The second-order valence-corrected chi connectivity index (χ2v) is 10.6. The van der Waals surface area contributed by atoms with Crippen LogP contribution in [0, 0.1) is 19.7 Å². The Balaban J connectivity index is 1.63. The van der Waals surface area contributed by atoms with Crippen molar-refractivity contribution in [3.05, 3.63) is 124 Å². The zero-order chi connectivity index (χ0) is 30.8. The Morgan fingerprint density at radius 3 is 2.58 bits per heavy atom.